The number of benzene rings is 2. The number of rotatable bonds is 5. The van der Waals surface area contributed by atoms with E-state index in [1.807, 2.05) is 42.5 Å². The average molecular weight is 293 g/mol. The Morgan fingerprint density at radius 1 is 1.11 bits per heavy atom. The zero-order valence-corrected chi connectivity index (χ0v) is 12.0. The van der Waals surface area contributed by atoms with Gasteiger partial charge >= 0.3 is 0 Å². The molecule has 3 nitrogen and oxygen atoms in total. The molecule has 0 fully saturated rings. The van der Waals surface area contributed by atoms with Gasteiger partial charge in [-0.15, -0.1) is 0 Å². The molecule has 2 aromatic rings. The molecular weight excluding hydrogens is 278 g/mol. The van der Waals surface area contributed by atoms with Gasteiger partial charge in [0, 0.05) is 6.42 Å². The molecule has 2 aromatic carbocycles. The first kappa shape index (κ1) is 14.0. The number of sulfone groups is 1. The van der Waals surface area contributed by atoms with Crippen LogP contribution in [0.5, 0.6) is 0 Å². The zero-order valence-electron chi connectivity index (χ0n) is 10.4. The topological polar surface area (TPSA) is 60.2 Å². The van der Waals surface area contributed by atoms with Crippen molar-refractivity contribution in [2.75, 3.05) is 5.75 Å². The molecule has 0 aliphatic heterocycles. The van der Waals surface area contributed by atoms with Crippen LogP contribution in [-0.2, 0) is 15.6 Å². The third-order valence-corrected chi connectivity index (χ3v) is 4.70. The van der Waals surface area contributed by atoms with Crippen molar-refractivity contribution >= 4 is 37.8 Å². The Morgan fingerprint density at radius 3 is 2.53 bits per heavy atom. The van der Waals surface area contributed by atoms with Gasteiger partial charge in [-0.25, -0.2) is 8.42 Å². The summed E-state index contributed by atoms with van der Waals surface area (Å²) >= 11 is 4.72. The van der Waals surface area contributed by atoms with Crippen molar-refractivity contribution in [3.63, 3.8) is 0 Å². The van der Waals surface area contributed by atoms with Gasteiger partial charge in [-0.3, -0.25) is 0 Å². The fourth-order valence-corrected chi connectivity index (χ4v) is 3.62. The standard InChI is InChI=1S/C14H15NO2S2/c15-14(18)8-9-19(16,17)10-12-6-3-5-11-4-1-2-7-13(11)12/h1-7H,8-10H2,(H2,15,18). The van der Waals surface area contributed by atoms with Crippen LogP contribution < -0.4 is 5.73 Å². The molecule has 0 bridgehead atoms. The lowest BCUT2D eigenvalue weighted by molar-refractivity contribution is 0.595. The molecule has 0 amide bonds. The number of fused-ring (bicyclic) bond motifs is 1. The van der Waals surface area contributed by atoms with Crippen LogP contribution in [-0.4, -0.2) is 19.2 Å². The summed E-state index contributed by atoms with van der Waals surface area (Å²) < 4.78 is 24.1. The van der Waals surface area contributed by atoms with Crippen molar-refractivity contribution in [2.45, 2.75) is 12.2 Å². The first-order valence-electron chi connectivity index (χ1n) is 5.93. The molecule has 0 aromatic heterocycles. The number of thiocarbonyl (C=S) groups is 1. The fourth-order valence-electron chi connectivity index (χ4n) is 1.98. The van der Waals surface area contributed by atoms with Crippen molar-refractivity contribution in [3.05, 3.63) is 48.0 Å². The maximum Gasteiger partial charge on any atom is 0.154 e. The maximum absolute atomic E-state index is 12.0. The molecule has 100 valence electrons. The number of nitrogens with two attached hydrogens (primary N) is 1. The molecular formula is C14H15NO2S2. The molecule has 0 atom stereocenters. The van der Waals surface area contributed by atoms with Crippen LogP contribution >= 0.6 is 12.2 Å². The van der Waals surface area contributed by atoms with Crippen LogP contribution in [0.4, 0.5) is 0 Å². The minimum absolute atomic E-state index is 0.00551. The smallest absolute Gasteiger partial charge is 0.154 e. The van der Waals surface area contributed by atoms with Crippen molar-refractivity contribution < 1.29 is 8.42 Å². The third kappa shape index (κ3) is 3.75. The van der Waals surface area contributed by atoms with Crippen LogP contribution in [0.25, 0.3) is 10.8 Å². The van der Waals surface area contributed by atoms with E-state index in [0.29, 0.717) is 0 Å². The Labute approximate surface area is 118 Å². The normalized spacial score (nSPS) is 11.6. The lowest BCUT2D eigenvalue weighted by Crippen LogP contribution is -2.16. The summed E-state index contributed by atoms with van der Waals surface area (Å²) in [4.78, 5) is 0.237. The van der Waals surface area contributed by atoms with Crippen LogP contribution in [0.15, 0.2) is 42.5 Å². The predicted octanol–water partition coefficient (Wildman–Crippen LogP) is 2.43. The van der Waals surface area contributed by atoms with E-state index in [1.165, 1.54) is 0 Å². The Hall–Kier alpha value is -1.46. The molecule has 0 saturated carbocycles. The minimum Gasteiger partial charge on any atom is -0.393 e. The van der Waals surface area contributed by atoms with E-state index in [1.54, 1.807) is 0 Å². The Kier molecular flexibility index (Phi) is 4.17. The van der Waals surface area contributed by atoms with E-state index >= 15 is 0 Å². The first-order chi connectivity index (χ1) is 8.98. The first-order valence-corrected chi connectivity index (χ1v) is 8.16. The lowest BCUT2D eigenvalue weighted by atomic mass is 10.1. The Bertz CT molecular complexity index is 703. The summed E-state index contributed by atoms with van der Waals surface area (Å²) in [5.74, 6) is 0.0303. The molecule has 0 heterocycles. The van der Waals surface area contributed by atoms with Gasteiger partial charge in [0.2, 0.25) is 0 Å². The van der Waals surface area contributed by atoms with Crippen molar-refractivity contribution in [1.29, 1.82) is 0 Å². The van der Waals surface area contributed by atoms with E-state index in [9.17, 15) is 8.42 Å². The molecule has 2 N–H and O–H groups in total. The van der Waals surface area contributed by atoms with Gasteiger partial charge < -0.3 is 5.73 Å². The second kappa shape index (κ2) is 5.67. The summed E-state index contributed by atoms with van der Waals surface area (Å²) in [6, 6.07) is 13.5. The van der Waals surface area contributed by atoms with Gasteiger partial charge in [0.1, 0.15) is 0 Å². The molecule has 0 radical (unpaired) electrons. The van der Waals surface area contributed by atoms with Crippen molar-refractivity contribution in [2.24, 2.45) is 5.73 Å². The zero-order chi connectivity index (χ0) is 13.9. The SMILES string of the molecule is NC(=S)CCS(=O)(=O)Cc1cccc2ccccc12. The summed E-state index contributed by atoms with van der Waals surface area (Å²) in [6.45, 7) is 0. The highest BCUT2D eigenvalue weighted by atomic mass is 32.2. The Balaban J connectivity index is 2.28. The molecule has 0 unspecified atom stereocenters. The van der Waals surface area contributed by atoms with Crippen molar-refractivity contribution in [3.8, 4) is 0 Å². The van der Waals surface area contributed by atoms with Crippen LogP contribution in [0.2, 0.25) is 0 Å². The largest absolute Gasteiger partial charge is 0.393 e. The quantitative estimate of drug-likeness (QED) is 0.860. The monoisotopic (exact) mass is 293 g/mol. The highest BCUT2D eigenvalue weighted by Crippen LogP contribution is 2.20. The van der Waals surface area contributed by atoms with Crippen LogP contribution in [0.3, 0.4) is 0 Å². The van der Waals surface area contributed by atoms with Gasteiger partial charge in [0.05, 0.1) is 16.5 Å². The van der Waals surface area contributed by atoms with Gasteiger partial charge in [0.25, 0.3) is 0 Å². The summed E-state index contributed by atoms with van der Waals surface area (Å²) in [6.07, 6.45) is 0.239. The van der Waals surface area contributed by atoms with E-state index in [2.05, 4.69) is 0 Å². The van der Waals surface area contributed by atoms with Crippen LogP contribution in [0.1, 0.15) is 12.0 Å². The second-order valence-corrected chi connectivity index (χ2v) is 7.16. The third-order valence-electron chi connectivity index (χ3n) is 2.91. The molecule has 0 saturated heterocycles. The van der Waals surface area contributed by atoms with Gasteiger partial charge in [-0.05, 0) is 16.3 Å². The molecule has 0 aliphatic rings. The number of hydrogen-bond acceptors (Lipinski definition) is 3. The fraction of sp³-hybridized carbons (Fsp3) is 0.214. The lowest BCUT2D eigenvalue weighted by Gasteiger charge is -2.07. The van der Waals surface area contributed by atoms with E-state index in [4.69, 9.17) is 18.0 Å². The van der Waals surface area contributed by atoms with E-state index in [0.717, 1.165) is 16.3 Å². The maximum atomic E-state index is 12.0. The Morgan fingerprint density at radius 2 is 1.79 bits per heavy atom. The highest BCUT2D eigenvalue weighted by molar-refractivity contribution is 7.90. The molecule has 2 rings (SSSR count). The summed E-state index contributed by atoms with van der Waals surface area (Å²) in [7, 11) is -3.19. The second-order valence-electron chi connectivity index (χ2n) is 4.45. The van der Waals surface area contributed by atoms with Crippen molar-refractivity contribution in [1.82, 2.24) is 0 Å². The van der Waals surface area contributed by atoms with Gasteiger partial charge in [-0.1, -0.05) is 54.7 Å². The van der Waals surface area contributed by atoms with E-state index in [-0.39, 0.29) is 22.9 Å². The van der Waals surface area contributed by atoms with Crippen LogP contribution in [0, 0.1) is 0 Å². The van der Waals surface area contributed by atoms with Gasteiger partial charge in [-0.2, -0.15) is 0 Å². The predicted molar refractivity (Wildman–Crippen MR) is 82.8 cm³/mol. The molecule has 5 heteroatoms. The number of hydrogen-bond donors (Lipinski definition) is 1. The highest BCUT2D eigenvalue weighted by Gasteiger charge is 2.14. The molecule has 19 heavy (non-hydrogen) atoms. The molecule has 0 spiro atoms. The van der Waals surface area contributed by atoms with Gasteiger partial charge in [0.15, 0.2) is 9.84 Å². The average Bonchev–Trinajstić information content (AvgIpc) is 2.37. The summed E-state index contributed by atoms with van der Waals surface area (Å²) in [5, 5.41) is 2.02. The summed E-state index contributed by atoms with van der Waals surface area (Å²) in [5.41, 5.74) is 6.17. The minimum atomic E-state index is -3.19. The van der Waals surface area contributed by atoms with E-state index < -0.39 is 9.84 Å². The molecule has 0 aliphatic carbocycles.